The summed E-state index contributed by atoms with van der Waals surface area (Å²) < 4.78 is 11.0. The fraction of sp³-hybridized carbons (Fsp3) is 0.250. The first kappa shape index (κ1) is 16.3. The Morgan fingerprint density at radius 2 is 2.15 bits per heavy atom. The summed E-state index contributed by atoms with van der Waals surface area (Å²) in [7, 11) is 0. The van der Waals surface area contributed by atoms with Crippen molar-refractivity contribution < 1.29 is 14.1 Å². The molecule has 6 heteroatoms. The van der Waals surface area contributed by atoms with Crippen molar-refractivity contribution >= 4 is 5.91 Å². The van der Waals surface area contributed by atoms with E-state index in [9.17, 15) is 4.79 Å². The SMILES string of the molecule is Cc1ccc(-c2cccc3c2OC(CNC(=O)c2cc(C)on2)C3)nc1. The van der Waals surface area contributed by atoms with Gasteiger partial charge in [0.05, 0.1) is 12.2 Å². The maximum Gasteiger partial charge on any atom is 0.273 e. The molecule has 1 unspecified atom stereocenters. The van der Waals surface area contributed by atoms with Gasteiger partial charge in [0.2, 0.25) is 0 Å². The van der Waals surface area contributed by atoms with Crippen LogP contribution in [0.1, 0.15) is 27.4 Å². The number of ether oxygens (including phenoxy) is 1. The van der Waals surface area contributed by atoms with E-state index < -0.39 is 0 Å². The Hall–Kier alpha value is -3.15. The molecule has 0 spiro atoms. The summed E-state index contributed by atoms with van der Waals surface area (Å²) in [6, 6.07) is 11.7. The summed E-state index contributed by atoms with van der Waals surface area (Å²) in [5.74, 6) is 1.19. The highest BCUT2D eigenvalue weighted by molar-refractivity contribution is 5.92. The zero-order chi connectivity index (χ0) is 18.1. The number of hydrogen-bond acceptors (Lipinski definition) is 5. The molecule has 0 fully saturated rings. The van der Waals surface area contributed by atoms with Crippen LogP contribution in [0.3, 0.4) is 0 Å². The predicted molar refractivity (Wildman–Crippen MR) is 96.1 cm³/mol. The van der Waals surface area contributed by atoms with Crippen molar-refractivity contribution in [1.29, 1.82) is 0 Å². The van der Waals surface area contributed by atoms with E-state index >= 15 is 0 Å². The second-order valence-corrected chi connectivity index (χ2v) is 6.49. The van der Waals surface area contributed by atoms with Gasteiger partial charge < -0.3 is 14.6 Å². The summed E-state index contributed by atoms with van der Waals surface area (Å²) in [6.45, 7) is 4.17. The van der Waals surface area contributed by atoms with Gasteiger partial charge in [-0.3, -0.25) is 9.78 Å². The van der Waals surface area contributed by atoms with Crippen LogP contribution in [0.5, 0.6) is 5.75 Å². The minimum absolute atomic E-state index is 0.117. The molecule has 0 aliphatic carbocycles. The van der Waals surface area contributed by atoms with Gasteiger partial charge in [-0.05, 0) is 37.1 Å². The Kier molecular flexibility index (Phi) is 4.16. The Morgan fingerprint density at radius 3 is 2.88 bits per heavy atom. The van der Waals surface area contributed by atoms with Gasteiger partial charge in [-0.1, -0.05) is 23.4 Å². The minimum Gasteiger partial charge on any atom is -0.487 e. The molecule has 0 saturated carbocycles. The molecule has 132 valence electrons. The topological polar surface area (TPSA) is 77.2 Å². The number of nitrogens with zero attached hydrogens (tertiary/aromatic N) is 2. The first-order chi connectivity index (χ1) is 12.6. The second-order valence-electron chi connectivity index (χ2n) is 6.49. The lowest BCUT2D eigenvalue weighted by Crippen LogP contribution is -2.34. The van der Waals surface area contributed by atoms with E-state index in [2.05, 4.69) is 21.5 Å². The molecular formula is C20H19N3O3. The fourth-order valence-corrected chi connectivity index (χ4v) is 3.05. The molecular weight excluding hydrogens is 330 g/mol. The summed E-state index contributed by atoms with van der Waals surface area (Å²) in [5.41, 5.74) is 4.38. The van der Waals surface area contributed by atoms with E-state index in [-0.39, 0.29) is 17.7 Å². The lowest BCUT2D eigenvalue weighted by molar-refractivity contribution is 0.0924. The van der Waals surface area contributed by atoms with Crippen LogP contribution in [-0.4, -0.2) is 28.7 Å². The lowest BCUT2D eigenvalue weighted by atomic mass is 10.0. The number of para-hydroxylation sites is 1. The van der Waals surface area contributed by atoms with E-state index in [1.165, 1.54) is 0 Å². The van der Waals surface area contributed by atoms with Crippen molar-refractivity contribution in [3.63, 3.8) is 0 Å². The average molecular weight is 349 g/mol. The van der Waals surface area contributed by atoms with Crippen LogP contribution in [0.2, 0.25) is 0 Å². The van der Waals surface area contributed by atoms with Crippen LogP contribution in [0.25, 0.3) is 11.3 Å². The fourth-order valence-electron chi connectivity index (χ4n) is 3.05. The number of fused-ring (bicyclic) bond motifs is 1. The Labute approximate surface area is 151 Å². The van der Waals surface area contributed by atoms with Crippen LogP contribution in [0, 0.1) is 13.8 Å². The number of hydrogen-bond donors (Lipinski definition) is 1. The molecule has 1 amide bonds. The third-order valence-electron chi connectivity index (χ3n) is 4.37. The number of carbonyl (C=O) groups excluding carboxylic acids is 1. The number of rotatable bonds is 4. The highest BCUT2D eigenvalue weighted by Gasteiger charge is 2.26. The minimum atomic E-state index is -0.262. The number of pyridine rings is 1. The molecule has 2 aromatic heterocycles. The van der Waals surface area contributed by atoms with Crippen molar-refractivity contribution in [3.8, 4) is 17.0 Å². The molecule has 1 N–H and O–H groups in total. The van der Waals surface area contributed by atoms with Crippen molar-refractivity contribution in [2.75, 3.05) is 6.54 Å². The van der Waals surface area contributed by atoms with Crippen LogP contribution in [0.4, 0.5) is 0 Å². The molecule has 1 atom stereocenters. The Bertz CT molecular complexity index is 947. The van der Waals surface area contributed by atoms with Gasteiger partial charge in [0.15, 0.2) is 5.69 Å². The molecule has 1 aliphatic rings. The molecule has 0 saturated heterocycles. The van der Waals surface area contributed by atoms with Crippen molar-refractivity contribution in [2.45, 2.75) is 26.4 Å². The standard InChI is InChI=1S/C20H19N3O3/c1-12-6-7-17(21-10-12)16-5-3-4-14-9-15(25-19(14)16)11-22-20(24)18-8-13(2)26-23-18/h3-8,10,15H,9,11H2,1-2H3,(H,22,24). The second kappa shape index (κ2) is 6.63. The van der Waals surface area contributed by atoms with Crippen LogP contribution in [-0.2, 0) is 6.42 Å². The number of benzene rings is 1. The molecule has 6 nitrogen and oxygen atoms in total. The summed E-state index contributed by atoms with van der Waals surface area (Å²) >= 11 is 0. The van der Waals surface area contributed by atoms with Crippen molar-refractivity contribution in [3.05, 3.63) is 65.2 Å². The molecule has 1 aliphatic heterocycles. The highest BCUT2D eigenvalue weighted by atomic mass is 16.5. The van der Waals surface area contributed by atoms with E-state index in [4.69, 9.17) is 9.26 Å². The maximum absolute atomic E-state index is 12.1. The first-order valence-corrected chi connectivity index (χ1v) is 8.53. The molecule has 1 aromatic carbocycles. The smallest absolute Gasteiger partial charge is 0.273 e. The van der Waals surface area contributed by atoms with Crippen LogP contribution >= 0.6 is 0 Å². The van der Waals surface area contributed by atoms with Gasteiger partial charge in [-0.15, -0.1) is 0 Å². The summed E-state index contributed by atoms with van der Waals surface area (Å²) in [5, 5.41) is 6.58. The Morgan fingerprint density at radius 1 is 1.27 bits per heavy atom. The van der Waals surface area contributed by atoms with Gasteiger partial charge in [0, 0.05) is 24.2 Å². The normalized spacial score (nSPS) is 15.4. The van der Waals surface area contributed by atoms with Crippen LogP contribution in [0.15, 0.2) is 47.1 Å². The van der Waals surface area contributed by atoms with E-state index in [1.807, 2.05) is 37.4 Å². The number of aryl methyl sites for hydroxylation is 2. The number of amides is 1. The maximum atomic E-state index is 12.1. The third-order valence-corrected chi connectivity index (χ3v) is 4.37. The van der Waals surface area contributed by atoms with Crippen molar-refractivity contribution in [1.82, 2.24) is 15.5 Å². The zero-order valence-corrected chi connectivity index (χ0v) is 14.7. The number of nitrogens with one attached hydrogen (secondary N) is 1. The van der Waals surface area contributed by atoms with Gasteiger partial charge in [0.1, 0.15) is 17.6 Å². The molecule has 26 heavy (non-hydrogen) atoms. The van der Waals surface area contributed by atoms with Crippen LogP contribution < -0.4 is 10.1 Å². The molecule has 3 aromatic rings. The summed E-state index contributed by atoms with van der Waals surface area (Å²) in [4.78, 5) is 16.6. The first-order valence-electron chi connectivity index (χ1n) is 8.53. The zero-order valence-electron chi connectivity index (χ0n) is 14.7. The lowest BCUT2D eigenvalue weighted by Gasteiger charge is -2.13. The number of aromatic nitrogens is 2. The predicted octanol–water partition coefficient (Wildman–Crippen LogP) is 3.09. The quantitative estimate of drug-likeness (QED) is 0.783. The molecule has 4 rings (SSSR count). The van der Waals surface area contributed by atoms with E-state index in [0.717, 1.165) is 34.6 Å². The van der Waals surface area contributed by atoms with Crippen molar-refractivity contribution in [2.24, 2.45) is 0 Å². The van der Waals surface area contributed by atoms with Gasteiger partial charge in [0.25, 0.3) is 5.91 Å². The monoisotopic (exact) mass is 349 g/mol. The number of carbonyl (C=O) groups is 1. The Balaban J connectivity index is 1.46. The summed E-state index contributed by atoms with van der Waals surface area (Å²) in [6.07, 6.45) is 2.47. The molecule has 0 bridgehead atoms. The van der Waals surface area contributed by atoms with Gasteiger partial charge in [-0.25, -0.2) is 0 Å². The van der Waals surface area contributed by atoms with Gasteiger partial charge >= 0.3 is 0 Å². The third kappa shape index (κ3) is 3.18. The molecule has 0 radical (unpaired) electrons. The molecule has 3 heterocycles. The largest absolute Gasteiger partial charge is 0.487 e. The van der Waals surface area contributed by atoms with E-state index in [1.54, 1.807) is 13.0 Å². The van der Waals surface area contributed by atoms with Gasteiger partial charge in [-0.2, -0.15) is 0 Å². The average Bonchev–Trinajstić information content (AvgIpc) is 3.26. The highest BCUT2D eigenvalue weighted by Crippen LogP contribution is 2.37. The van der Waals surface area contributed by atoms with E-state index in [0.29, 0.717) is 12.3 Å².